The second-order valence-corrected chi connectivity index (χ2v) is 7.06. The monoisotopic (exact) mass is 398 g/mol. The Hall–Kier alpha value is -3.93. The maximum atomic E-state index is 12.9. The average Bonchev–Trinajstić information content (AvgIpc) is 3.44. The van der Waals surface area contributed by atoms with Gasteiger partial charge in [-0.2, -0.15) is 5.10 Å². The highest BCUT2D eigenvalue weighted by atomic mass is 16.3. The first-order valence-electron chi connectivity index (χ1n) is 9.76. The highest BCUT2D eigenvalue weighted by Gasteiger charge is 2.16. The third kappa shape index (κ3) is 4.72. The molecule has 0 spiro atoms. The lowest BCUT2D eigenvalue weighted by molar-refractivity contribution is 0.104. The van der Waals surface area contributed by atoms with Crippen LogP contribution in [0.25, 0.3) is 5.76 Å². The van der Waals surface area contributed by atoms with Gasteiger partial charge in [0.25, 0.3) is 0 Å². The molecule has 2 aromatic heterocycles. The normalized spacial score (nSPS) is 11.5. The number of H-pyrrole nitrogens is 1. The molecule has 4 rings (SSSR count). The summed E-state index contributed by atoms with van der Waals surface area (Å²) in [7, 11) is 0. The highest BCUT2D eigenvalue weighted by molar-refractivity contribution is 6.08. The second kappa shape index (κ2) is 9.05. The Balaban J connectivity index is 1.60. The summed E-state index contributed by atoms with van der Waals surface area (Å²) < 4.78 is 2.01. The number of rotatable bonds is 8. The van der Waals surface area contributed by atoms with Gasteiger partial charge in [0.05, 0.1) is 0 Å². The summed E-state index contributed by atoms with van der Waals surface area (Å²) in [5.74, 6) is -0.434. The van der Waals surface area contributed by atoms with Gasteiger partial charge in [0.15, 0.2) is 11.5 Å². The Bertz CT molecular complexity index is 1130. The Morgan fingerprint density at radius 1 is 0.967 bits per heavy atom. The van der Waals surface area contributed by atoms with Crippen LogP contribution in [-0.4, -0.2) is 30.6 Å². The fourth-order valence-corrected chi connectivity index (χ4v) is 3.38. The van der Waals surface area contributed by atoms with Crippen molar-refractivity contribution in [2.24, 2.45) is 0 Å². The summed E-state index contributed by atoms with van der Waals surface area (Å²) in [5, 5.41) is 16.5. The molecule has 0 saturated carbocycles. The molecule has 0 atom stereocenters. The minimum Gasteiger partial charge on any atom is -0.504 e. The molecular weight excluding hydrogens is 376 g/mol. The number of aromatic nitrogens is 4. The van der Waals surface area contributed by atoms with E-state index < -0.39 is 0 Å². The lowest BCUT2D eigenvalue weighted by atomic mass is 10.0. The lowest BCUT2D eigenvalue weighted by Gasteiger charge is -2.03. The number of aromatic amines is 1. The van der Waals surface area contributed by atoms with E-state index in [9.17, 15) is 9.90 Å². The number of aliphatic hydroxyl groups excluding tert-OH is 1. The molecule has 150 valence electrons. The van der Waals surface area contributed by atoms with Crippen LogP contribution in [0, 0.1) is 0 Å². The van der Waals surface area contributed by atoms with Crippen LogP contribution in [0.1, 0.15) is 32.9 Å². The molecule has 0 aliphatic carbocycles. The Morgan fingerprint density at radius 3 is 2.33 bits per heavy atom. The minimum absolute atomic E-state index is 0.0953. The van der Waals surface area contributed by atoms with Gasteiger partial charge in [-0.1, -0.05) is 60.7 Å². The number of benzene rings is 2. The Morgan fingerprint density at radius 2 is 1.67 bits per heavy atom. The largest absolute Gasteiger partial charge is 0.504 e. The van der Waals surface area contributed by atoms with Gasteiger partial charge < -0.3 is 9.67 Å². The van der Waals surface area contributed by atoms with Crippen LogP contribution < -0.4 is 0 Å². The predicted molar refractivity (Wildman–Crippen MR) is 115 cm³/mol. The molecule has 0 bridgehead atoms. The molecule has 0 fully saturated rings. The number of ketones is 1. The van der Waals surface area contributed by atoms with Gasteiger partial charge in [-0.3, -0.25) is 9.89 Å². The summed E-state index contributed by atoms with van der Waals surface area (Å²) in [4.78, 5) is 16.8. The van der Waals surface area contributed by atoms with Gasteiger partial charge in [0.1, 0.15) is 6.33 Å². The Kier molecular flexibility index (Phi) is 5.85. The van der Waals surface area contributed by atoms with Crippen molar-refractivity contribution in [3.8, 4) is 0 Å². The van der Waals surface area contributed by atoms with Gasteiger partial charge >= 0.3 is 0 Å². The average molecular weight is 398 g/mol. The number of hydrogen-bond acceptors (Lipinski definition) is 4. The number of aliphatic hydroxyl groups is 1. The van der Waals surface area contributed by atoms with Crippen LogP contribution in [0.4, 0.5) is 0 Å². The minimum atomic E-state index is -0.271. The van der Waals surface area contributed by atoms with E-state index in [0.29, 0.717) is 12.1 Å². The summed E-state index contributed by atoms with van der Waals surface area (Å²) in [6.07, 6.45) is 7.94. The molecule has 0 saturated heterocycles. The molecule has 2 aromatic carbocycles. The number of carbonyl (C=O) groups excluding carboxylic acids is 1. The topological polar surface area (TPSA) is 83.8 Å². The molecular formula is C24H22N4O2. The zero-order valence-electron chi connectivity index (χ0n) is 16.4. The molecule has 30 heavy (non-hydrogen) atoms. The van der Waals surface area contributed by atoms with E-state index in [1.165, 1.54) is 18.0 Å². The first-order chi connectivity index (χ1) is 14.7. The fourth-order valence-electron chi connectivity index (χ4n) is 3.38. The fraction of sp³-hybridized carbons (Fsp3) is 0.125. The van der Waals surface area contributed by atoms with Gasteiger partial charge in [0, 0.05) is 30.6 Å². The molecule has 0 radical (unpaired) electrons. The van der Waals surface area contributed by atoms with Crippen LogP contribution in [0.3, 0.4) is 0 Å². The van der Waals surface area contributed by atoms with E-state index >= 15 is 0 Å². The quantitative estimate of drug-likeness (QED) is 0.264. The number of nitrogens with one attached hydrogen (secondary N) is 1. The first kappa shape index (κ1) is 19.4. The standard InChI is InChI=1S/C24H22N4O2/c29-22(13-23(30)24-25-17-26-27-24)21-16-28(14-19-9-5-2-6-10-19)15-20(21)12-11-18-7-3-1-4-8-18/h1-10,13,15-17,30H,11-12,14H2,(H,25,26,27). The van der Waals surface area contributed by atoms with Crippen LogP contribution >= 0.6 is 0 Å². The van der Waals surface area contributed by atoms with Crippen LogP contribution in [-0.2, 0) is 19.4 Å². The van der Waals surface area contributed by atoms with Crippen LogP contribution in [0.15, 0.2) is 85.5 Å². The van der Waals surface area contributed by atoms with Crippen molar-refractivity contribution in [3.05, 3.63) is 114 Å². The zero-order chi connectivity index (χ0) is 20.8. The lowest BCUT2D eigenvalue weighted by Crippen LogP contribution is -2.01. The molecule has 6 heteroatoms. The summed E-state index contributed by atoms with van der Waals surface area (Å²) in [5.41, 5.74) is 3.88. The molecule has 4 aromatic rings. The van der Waals surface area contributed by atoms with Crippen molar-refractivity contribution in [1.82, 2.24) is 19.7 Å². The van der Waals surface area contributed by atoms with Gasteiger partial charge in [0.2, 0.25) is 5.82 Å². The molecule has 2 N–H and O–H groups in total. The second-order valence-electron chi connectivity index (χ2n) is 7.06. The van der Waals surface area contributed by atoms with Crippen molar-refractivity contribution < 1.29 is 9.90 Å². The first-order valence-corrected chi connectivity index (χ1v) is 9.76. The summed E-state index contributed by atoms with van der Waals surface area (Å²) in [6.45, 7) is 0.670. The van der Waals surface area contributed by atoms with E-state index in [2.05, 4.69) is 39.4 Å². The number of aryl methyl sites for hydroxylation is 2. The Labute approximate surface area is 174 Å². The zero-order valence-corrected chi connectivity index (χ0v) is 16.4. The maximum absolute atomic E-state index is 12.9. The van der Waals surface area contributed by atoms with Crippen molar-refractivity contribution >= 4 is 11.5 Å². The summed E-state index contributed by atoms with van der Waals surface area (Å²) >= 11 is 0. The van der Waals surface area contributed by atoms with Crippen molar-refractivity contribution in [2.45, 2.75) is 19.4 Å². The molecule has 0 aliphatic rings. The number of allylic oxidation sites excluding steroid dienone is 1. The van der Waals surface area contributed by atoms with E-state index in [1.54, 1.807) is 0 Å². The van der Waals surface area contributed by atoms with Gasteiger partial charge in [-0.15, -0.1) is 0 Å². The molecule has 0 unspecified atom stereocenters. The number of hydrogen-bond donors (Lipinski definition) is 2. The molecule has 2 heterocycles. The van der Waals surface area contributed by atoms with Crippen LogP contribution in [0.2, 0.25) is 0 Å². The SMILES string of the molecule is O=C(C=C(O)c1nc[nH]n1)c1cn(Cc2ccccc2)cc1CCc1ccccc1. The van der Waals surface area contributed by atoms with E-state index in [-0.39, 0.29) is 17.4 Å². The van der Waals surface area contributed by atoms with E-state index in [0.717, 1.165) is 24.0 Å². The number of carbonyl (C=O) groups is 1. The third-order valence-electron chi connectivity index (χ3n) is 4.87. The summed E-state index contributed by atoms with van der Waals surface area (Å²) in [6, 6.07) is 20.3. The number of nitrogens with zero attached hydrogens (tertiary/aromatic N) is 3. The smallest absolute Gasteiger partial charge is 0.215 e. The molecule has 0 aliphatic heterocycles. The van der Waals surface area contributed by atoms with Gasteiger partial charge in [-0.05, 0) is 29.5 Å². The van der Waals surface area contributed by atoms with Gasteiger partial charge in [-0.25, -0.2) is 4.98 Å². The van der Waals surface area contributed by atoms with E-state index in [1.807, 2.05) is 53.4 Å². The third-order valence-corrected chi connectivity index (χ3v) is 4.87. The van der Waals surface area contributed by atoms with Crippen molar-refractivity contribution in [3.63, 3.8) is 0 Å². The molecule has 0 amide bonds. The maximum Gasteiger partial charge on any atom is 0.215 e. The van der Waals surface area contributed by atoms with E-state index in [4.69, 9.17) is 0 Å². The molecule has 6 nitrogen and oxygen atoms in total. The van der Waals surface area contributed by atoms with Crippen molar-refractivity contribution in [2.75, 3.05) is 0 Å². The predicted octanol–water partition coefficient (Wildman–Crippen LogP) is 4.22. The highest BCUT2D eigenvalue weighted by Crippen LogP contribution is 2.18. The van der Waals surface area contributed by atoms with Crippen LogP contribution in [0.5, 0.6) is 0 Å². The van der Waals surface area contributed by atoms with Crippen molar-refractivity contribution in [1.29, 1.82) is 0 Å².